The molecular weight excluding hydrogens is 376 g/mol. The Balaban J connectivity index is 1.64. The predicted molar refractivity (Wildman–Crippen MR) is 94.4 cm³/mol. The van der Waals surface area contributed by atoms with Gasteiger partial charge in [-0.05, 0) is 28.9 Å². The van der Waals surface area contributed by atoms with E-state index in [9.17, 15) is 4.79 Å². The quantitative estimate of drug-likeness (QED) is 0.787. The molecule has 4 rings (SSSR count). The number of likely N-dealkylation sites (tertiary alicyclic amines) is 1. The van der Waals surface area contributed by atoms with E-state index < -0.39 is 6.09 Å². The Morgan fingerprint density at radius 3 is 2.83 bits per heavy atom. The van der Waals surface area contributed by atoms with Crippen molar-refractivity contribution in [2.45, 2.75) is 19.0 Å². The maximum Gasteiger partial charge on any atom is 0.407 e. The van der Waals surface area contributed by atoms with Gasteiger partial charge in [-0.15, -0.1) is 0 Å². The summed E-state index contributed by atoms with van der Waals surface area (Å²) in [5.74, 6) is 2.32. The van der Waals surface area contributed by atoms with Gasteiger partial charge in [-0.25, -0.2) is 14.8 Å². The first-order valence-electron chi connectivity index (χ1n) is 7.74. The number of rotatable bonds is 1. The van der Waals surface area contributed by atoms with Crippen LogP contribution in [-0.2, 0) is 0 Å². The molecule has 1 N–H and O–H groups in total. The number of amides is 1. The number of anilines is 1. The number of aromatic nitrogens is 1. The third-order valence-electron chi connectivity index (χ3n) is 4.57. The molecule has 1 atom stereocenters. The topological polar surface area (TPSA) is 84.6 Å². The second-order valence-corrected chi connectivity index (χ2v) is 7.21. The molecular formula is C15H17BrN6O2. The molecule has 1 fully saturated rings. The van der Waals surface area contributed by atoms with E-state index in [1.807, 2.05) is 6.07 Å². The lowest BCUT2D eigenvalue weighted by atomic mass is 10.1. The molecule has 0 spiro atoms. The molecule has 1 saturated heterocycles. The van der Waals surface area contributed by atoms with Crippen LogP contribution in [-0.4, -0.2) is 76.4 Å². The molecule has 3 aliphatic rings. The summed E-state index contributed by atoms with van der Waals surface area (Å²) in [7, 11) is 1.60. The smallest absolute Gasteiger partial charge is 0.407 e. The zero-order valence-electron chi connectivity index (χ0n) is 13.3. The number of hydrogen-bond donors (Lipinski definition) is 1. The van der Waals surface area contributed by atoms with Crippen molar-refractivity contribution >= 4 is 45.2 Å². The Morgan fingerprint density at radius 2 is 2.12 bits per heavy atom. The Hall–Kier alpha value is -2.16. The second kappa shape index (κ2) is 5.44. The van der Waals surface area contributed by atoms with Gasteiger partial charge in [0.05, 0.1) is 17.8 Å². The summed E-state index contributed by atoms with van der Waals surface area (Å²) < 4.78 is 0.908. The molecule has 4 heterocycles. The molecule has 1 unspecified atom stereocenters. The van der Waals surface area contributed by atoms with Crippen LogP contribution in [0.4, 0.5) is 16.3 Å². The van der Waals surface area contributed by atoms with Crippen molar-refractivity contribution < 1.29 is 9.90 Å². The maximum atomic E-state index is 11.1. The molecule has 1 aromatic rings. The van der Waals surface area contributed by atoms with Gasteiger partial charge in [-0.3, -0.25) is 4.99 Å². The summed E-state index contributed by atoms with van der Waals surface area (Å²) in [5, 5.41) is 9.09. The van der Waals surface area contributed by atoms with Crippen LogP contribution in [0.25, 0.3) is 0 Å². The van der Waals surface area contributed by atoms with Crippen molar-refractivity contribution in [1.82, 2.24) is 14.8 Å². The summed E-state index contributed by atoms with van der Waals surface area (Å²) in [5.41, 5.74) is 0.955. The normalized spacial score (nSPS) is 22.4. The molecule has 0 radical (unpaired) electrons. The van der Waals surface area contributed by atoms with Gasteiger partial charge in [0.1, 0.15) is 0 Å². The number of carboxylic acid groups (broad SMARTS) is 1. The molecule has 1 amide bonds. The fourth-order valence-corrected chi connectivity index (χ4v) is 3.48. The highest BCUT2D eigenvalue weighted by molar-refractivity contribution is 9.10. The number of fused-ring (bicyclic) bond motifs is 3. The molecule has 0 aromatic carbocycles. The van der Waals surface area contributed by atoms with Crippen LogP contribution >= 0.6 is 15.9 Å². The molecule has 3 aliphatic heterocycles. The number of nitrogens with zero attached hydrogens (tertiary/aromatic N) is 6. The first kappa shape index (κ1) is 15.4. The maximum absolute atomic E-state index is 11.1. The van der Waals surface area contributed by atoms with Gasteiger partial charge in [0.15, 0.2) is 17.5 Å². The Labute approximate surface area is 147 Å². The third-order valence-corrected chi connectivity index (χ3v) is 5.01. The van der Waals surface area contributed by atoms with Crippen LogP contribution < -0.4 is 4.90 Å². The largest absolute Gasteiger partial charge is 0.465 e. The van der Waals surface area contributed by atoms with Crippen molar-refractivity contribution in [2.24, 2.45) is 9.98 Å². The SMILES string of the molecule is CC1CN2C(=N1)C(N1CC(N(C)C(=O)O)C1)=Nc1ncc(Br)cc12. The van der Waals surface area contributed by atoms with E-state index in [1.54, 1.807) is 13.2 Å². The number of hydrogen-bond acceptors (Lipinski definition) is 6. The zero-order valence-corrected chi connectivity index (χ0v) is 14.9. The van der Waals surface area contributed by atoms with E-state index >= 15 is 0 Å². The number of amidine groups is 2. The van der Waals surface area contributed by atoms with E-state index in [4.69, 9.17) is 15.1 Å². The number of carbonyl (C=O) groups is 1. The van der Waals surface area contributed by atoms with E-state index in [1.165, 1.54) is 4.90 Å². The molecule has 8 nitrogen and oxygen atoms in total. The lowest BCUT2D eigenvalue weighted by molar-refractivity contribution is 0.0878. The highest BCUT2D eigenvalue weighted by atomic mass is 79.9. The third kappa shape index (κ3) is 2.34. The van der Waals surface area contributed by atoms with Crippen LogP contribution in [0.15, 0.2) is 26.7 Å². The monoisotopic (exact) mass is 392 g/mol. The average molecular weight is 393 g/mol. The predicted octanol–water partition coefficient (Wildman–Crippen LogP) is 1.79. The van der Waals surface area contributed by atoms with Crippen LogP contribution in [0.5, 0.6) is 0 Å². The fraction of sp³-hybridized carbons (Fsp3) is 0.467. The lowest BCUT2D eigenvalue weighted by Gasteiger charge is -2.45. The molecule has 9 heteroatoms. The Kier molecular flexibility index (Phi) is 3.48. The number of likely N-dealkylation sites (N-methyl/N-ethyl adjacent to an activating group) is 1. The van der Waals surface area contributed by atoms with Gasteiger partial charge >= 0.3 is 6.09 Å². The Morgan fingerprint density at radius 1 is 1.38 bits per heavy atom. The van der Waals surface area contributed by atoms with E-state index in [0.717, 1.165) is 28.4 Å². The molecule has 126 valence electrons. The lowest BCUT2D eigenvalue weighted by Crippen LogP contribution is -2.63. The van der Waals surface area contributed by atoms with E-state index in [-0.39, 0.29) is 12.1 Å². The van der Waals surface area contributed by atoms with Gasteiger partial charge in [-0.2, -0.15) is 0 Å². The molecule has 24 heavy (non-hydrogen) atoms. The highest BCUT2D eigenvalue weighted by Crippen LogP contribution is 2.36. The molecule has 1 aromatic heterocycles. The molecule has 0 bridgehead atoms. The first-order valence-corrected chi connectivity index (χ1v) is 8.54. The first-order chi connectivity index (χ1) is 11.4. The van der Waals surface area contributed by atoms with Crippen LogP contribution in [0, 0.1) is 0 Å². The number of aliphatic imine (C=N–C) groups is 2. The second-order valence-electron chi connectivity index (χ2n) is 6.30. The Bertz CT molecular complexity index is 773. The van der Waals surface area contributed by atoms with Gasteiger partial charge in [0, 0.05) is 37.4 Å². The van der Waals surface area contributed by atoms with Gasteiger partial charge < -0.3 is 19.8 Å². The number of pyridine rings is 1. The van der Waals surface area contributed by atoms with Crippen LogP contribution in [0.3, 0.4) is 0 Å². The van der Waals surface area contributed by atoms with E-state index in [2.05, 4.69) is 37.6 Å². The van der Waals surface area contributed by atoms with Crippen molar-refractivity contribution in [1.29, 1.82) is 0 Å². The highest BCUT2D eigenvalue weighted by Gasteiger charge is 2.41. The van der Waals surface area contributed by atoms with Gasteiger partial charge in [-0.1, -0.05) is 0 Å². The summed E-state index contributed by atoms with van der Waals surface area (Å²) >= 11 is 3.46. The summed E-state index contributed by atoms with van der Waals surface area (Å²) in [6.45, 7) is 4.11. The van der Waals surface area contributed by atoms with Crippen LogP contribution in [0.2, 0.25) is 0 Å². The van der Waals surface area contributed by atoms with Crippen molar-refractivity contribution in [3.63, 3.8) is 0 Å². The van der Waals surface area contributed by atoms with Crippen molar-refractivity contribution in [3.8, 4) is 0 Å². The minimum Gasteiger partial charge on any atom is -0.465 e. The van der Waals surface area contributed by atoms with E-state index in [0.29, 0.717) is 18.9 Å². The van der Waals surface area contributed by atoms with Crippen LogP contribution in [0.1, 0.15) is 6.92 Å². The van der Waals surface area contributed by atoms with Crippen molar-refractivity contribution in [2.75, 3.05) is 31.6 Å². The minimum atomic E-state index is -0.907. The molecule has 0 aliphatic carbocycles. The van der Waals surface area contributed by atoms with Crippen molar-refractivity contribution in [3.05, 3.63) is 16.7 Å². The fourth-order valence-electron chi connectivity index (χ4n) is 3.16. The summed E-state index contributed by atoms with van der Waals surface area (Å²) in [4.78, 5) is 30.5. The summed E-state index contributed by atoms with van der Waals surface area (Å²) in [6.07, 6.45) is 0.828. The minimum absolute atomic E-state index is 0.0163. The zero-order chi connectivity index (χ0) is 17.0. The standard InChI is InChI=1S/C15H17BrN6O2/c1-8-5-22-11-3-9(16)4-17-12(11)19-13(14(22)18-8)21-6-10(7-21)20(2)15(23)24/h3-4,8,10H,5-7H2,1-2H3,(H,23,24). The van der Waals surface area contributed by atoms with Gasteiger partial charge in [0.2, 0.25) is 0 Å². The molecule has 0 saturated carbocycles. The van der Waals surface area contributed by atoms with Gasteiger partial charge in [0.25, 0.3) is 0 Å². The summed E-state index contributed by atoms with van der Waals surface area (Å²) in [6, 6.07) is 2.18. The average Bonchev–Trinajstić information content (AvgIpc) is 2.88. The number of halogens is 1.